The van der Waals surface area contributed by atoms with Crippen LogP contribution in [0.5, 0.6) is 11.5 Å². The highest BCUT2D eigenvalue weighted by Gasteiger charge is 2.25. The number of ether oxygens (including phenoxy) is 2. The van der Waals surface area contributed by atoms with Gasteiger partial charge in [-0.15, -0.1) is 0 Å². The molecule has 2 aromatic carbocycles. The predicted octanol–water partition coefficient (Wildman–Crippen LogP) is 2.57. The molecule has 2 aromatic rings. The van der Waals surface area contributed by atoms with Crippen LogP contribution in [0.15, 0.2) is 53.4 Å². The molecule has 0 atom stereocenters. The highest BCUT2D eigenvalue weighted by atomic mass is 32.2. The van der Waals surface area contributed by atoms with Crippen molar-refractivity contribution in [3.8, 4) is 11.5 Å². The van der Waals surface area contributed by atoms with Gasteiger partial charge < -0.3 is 14.8 Å². The predicted molar refractivity (Wildman–Crippen MR) is 109 cm³/mol. The zero-order chi connectivity index (χ0) is 20.7. The van der Waals surface area contributed by atoms with Crippen molar-refractivity contribution in [3.63, 3.8) is 0 Å². The maximum Gasteiger partial charge on any atom is 0.258 e. The van der Waals surface area contributed by atoms with Crippen LogP contribution < -0.4 is 14.8 Å². The van der Waals surface area contributed by atoms with Crippen LogP contribution in [-0.4, -0.2) is 45.4 Å². The Labute approximate surface area is 171 Å². The number of nitrogens with zero attached hydrogens (tertiary/aromatic N) is 1. The number of hydrogen-bond acceptors (Lipinski definition) is 5. The fourth-order valence-corrected chi connectivity index (χ4v) is 4.79. The number of para-hydroxylation sites is 2. The highest BCUT2D eigenvalue weighted by molar-refractivity contribution is 7.89. The van der Waals surface area contributed by atoms with Gasteiger partial charge in [0, 0.05) is 19.6 Å². The maximum atomic E-state index is 12.8. The number of nitrogens with one attached hydrogen (secondary N) is 1. The number of piperidine rings is 1. The Morgan fingerprint density at radius 1 is 1.03 bits per heavy atom. The van der Waals surface area contributed by atoms with Gasteiger partial charge in [0.05, 0.1) is 12.0 Å². The molecule has 1 N–H and O–H groups in total. The lowest BCUT2D eigenvalue weighted by molar-refractivity contribution is -0.123. The summed E-state index contributed by atoms with van der Waals surface area (Å²) in [7, 11) is -1.96. The molecule has 1 aliphatic heterocycles. The molecule has 29 heavy (non-hydrogen) atoms. The van der Waals surface area contributed by atoms with E-state index in [1.54, 1.807) is 42.5 Å². The van der Waals surface area contributed by atoms with Gasteiger partial charge in [-0.3, -0.25) is 4.79 Å². The minimum absolute atomic E-state index is 0.161. The van der Waals surface area contributed by atoms with Crippen molar-refractivity contribution < 1.29 is 22.7 Å². The lowest BCUT2D eigenvalue weighted by atomic mass is 10.2. The van der Waals surface area contributed by atoms with Gasteiger partial charge in [-0.1, -0.05) is 30.7 Å². The van der Waals surface area contributed by atoms with Crippen molar-refractivity contribution in [3.05, 3.63) is 54.1 Å². The second kappa shape index (κ2) is 9.76. The Bertz CT molecular complexity index is 940. The summed E-state index contributed by atoms with van der Waals surface area (Å²) in [6.45, 7) is 1.18. The molecule has 0 aromatic heterocycles. The number of carbonyl (C=O) groups excluding carboxylic acids is 1. The summed E-state index contributed by atoms with van der Waals surface area (Å²) >= 11 is 0. The maximum absolute atomic E-state index is 12.8. The molecule has 0 saturated carbocycles. The van der Waals surface area contributed by atoms with Gasteiger partial charge in [-0.25, -0.2) is 8.42 Å². The normalized spacial score (nSPS) is 14.9. The number of methoxy groups -OCH3 is 1. The SMILES string of the molecule is COc1ccccc1OCC(=O)NCc1cccc(S(=O)(=O)N2CCCCC2)c1. The van der Waals surface area contributed by atoms with Gasteiger partial charge in [-0.05, 0) is 42.7 Å². The van der Waals surface area contributed by atoms with Gasteiger partial charge in [-0.2, -0.15) is 4.31 Å². The molecule has 1 fully saturated rings. The summed E-state index contributed by atoms with van der Waals surface area (Å²) in [4.78, 5) is 12.4. The molecule has 8 heteroatoms. The van der Waals surface area contributed by atoms with Crippen LogP contribution in [-0.2, 0) is 21.4 Å². The van der Waals surface area contributed by atoms with E-state index in [4.69, 9.17) is 9.47 Å². The molecule has 1 saturated heterocycles. The van der Waals surface area contributed by atoms with Crippen LogP contribution in [0.4, 0.5) is 0 Å². The van der Waals surface area contributed by atoms with Crippen molar-refractivity contribution in [2.75, 3.05) is 26.8 Å². The molecule has 0 radical (unpaired) electrons. The first-order valence-electron chi connectivity index (χ1n) is 9.62. The van der Waals surface area contributed by atoms with Crippen LogP contribution >= 0.6 is 0 Å². The molecule has 0 aliphatic carbocycles. The van der Waals surface area contributed by atoms with Crippen molar-refractivity contribution in [1.82, 2.24) is 9.62 Å². The van der Waals surface area contributed by atoms with Crippen LogP contribution in [0, 0.1) is 0 Å². The second-order valence-electron chi connectivity index (χ2n) is 6.83. The summed E-state index contributed by atoms with van der Waals surface area (Å²) in [6.07, 6.45) is 2.84. The largest absolute Gasteiger partial charge is 0.493 e. The number of benzene rings is 2. The second-order valence-corrected chi connectivity index (χ2v) is 8.77. The molecule has 0 bridgehead atoms. The van der Waals surface area contributed by atoms with Crippen molar-refractivity contribution in [1.29, 1.82) is 0 Å². The summed E-state index contributed by atoms with van der Waals surface area (Å²) in [5.41, 5.74) is 0.716. The zero-order valence-electron chi connectivity index (χ0n) is 16.5. The van der Waals surface area contributed by atoms with E-state index in [-0.39, 0.29) is 24.0 Å². The molecule has 0 unspecified atom stereocenters. The molecular formula is C21H26N2O5S. The van der Waals surface area contributed by atoms with Crippen LogP contribution in [0.2, 0.25) is 0 Å². The van der Waals surface area contributed by atoms with Gasteiger partial charge in [0.2, 0.25) is 10.0 Å². The number of carbonyl (C=O) groups is 1. The first-order valence-corrected chi connectivity index (χ1v) is 11.1. The minimum Gasteiger partial charge on any atom is -0.493 e. The first kappa shape index (κ1) is 21.1. The Kier molecular flexibility index (Phi) is 7.11. The van der Waals surface area contributed by atoms with Crippen molar-refractivity contribution >= 4 is 15.9 Å². The number of sulfonamides is 1. The standard InChI is InChI=1S/C21H26N2O5S/c1-27-19-10-3-4-11-20(19)28-16-21(24)22-15-17-8-7-9-18(14-17)29(25,26)23-12-5-2-6-13-23/h3-4,7-11,14H,2,5-6,12-13,15-16H2,1H3,(H,22,24). The van der Waals surface area contributed by atoms with E-state index in [1.807, 2.05) is 6.07 Å². The Hall–Kier alpha value is -2.58. The molecule has 3 rings (SSSR count). The molecule has 1 aliphatic rings. The van der Waals surface area contributed by atoms with Crippen molar-refractivity contribution in [2.45, 2.75) is 30.7 Å². The van der Waals surface area contributed by atoms with Crippen molar-refractivity contribution in [2.24, 2.45) is 0 Å². The van der Waals surface area contributed by atoms with Crippen LogP contribution in [0.3, 0.4) is 0 Å². The number of amides is 1. The average molecular weight is 419 g/mol. The van der Waals surface area contributed by atoms with E-state index >= 15 is 0 Å². The van der Waals surface area contributed by atoms with Gasteiger partial charge >= 0.3 is 0 Å². The van der Waals surface area contributed by atoms with Gasteiger partial charge in [0.25, 0.3) is 5.91 Å². The van der Waals surface area contributed by atoms with E-state index < -0.39 is 10.0 Å². The lowest BCUT2D eigenvalue weighted by Crippen LogP contribution is -2.35. The third-order valence-electron chi connectivity index (χ3n) is 4.77. The Balaban J connectivity index is 1.57. The van der Waals surface area contributed by atoms with Gasteiger partial charge in [0.1, 0.15) is 0 Å². The van der Waals surface area contributed by atoms with E-state index in [1.165, 1.54) is 11.4 Å². The number of rotatable bonds is 8. The monoisotopic (exact) mass is 418 g/mol. The zero-order valence-corrected chi connectivity index (χ0v) is 17.3. The van der Waals surface area contributed by atoms with Crippen LogP contribution in [0.25, 0.3) is 0 Å². The Morgan fingerprint density at radius 3 is 2.48 bits per heavy atom. The van der Waals surface area contributed by atoms with Gasteiger partial charge in [0.15, 0.2) is 18.1 Å². The van der Waals surface area contributed by atoms with Crippen LogP contribution in [0.1, 0.15) is 24.8 Å². The minimum atomic E-state index is -3.50. The lowest BCUT2D eigenvalue weighted by Gasteiger charge is -2.26. The summed E-state index contributed by atoms with van der Waals surface area (Å²) in [5.74, 6) is 0.732. The summed E-state index contributed by atoms with van der Waals surface area (Å²) < 4.78 is 37.8. The average Bonchev–Trinajstić information content (AvgIpc) is 2.77. The molecule has 1 heterocycles. The third kappa shape index (κ3) is 5.48. The fraction of sp³-hybridized carbons (Fsp3) is 0.381. The smallest absolute Gasteiger partial charge is 0.258 e. The van der Waals surface area contributed by atoms with E-state index in [2.05, 4.69) is 5.32 Å². The van der Waals surface area contributed by atoms with E-state index in [0.29, 0.717) is 30.2 Å². The molecule has 0 spiro atoms. The molecule has 1 amide bonds. The third-order valence-corrected chi connectivity index (χ3v) is 6.66. The fourth-order valence-electron chi connectivity index (χ4n) is 3.20. The summed E-state index contributed by atoms with van der Waals surface area (Å²) in [6, 6.07) is 13.8. The van der Waals surface area contributed by atoms with E-state index in [9.17, 15) is 13.2 Å². The quantitative estimate of drug-likeness (QED) is 0.712. The molecule has 156 valence electrons. The topological polar surface area (TPSA) is 84.9 Å². The first-order chi connectivity index (χ1) is 14.0. The Morgan fingerprint density at radius 2 is 1.76 bits per heavy atom. The molecular weight excluding hydrogens is 392 g/mol. The molecule has 7 nitrogen and oxygen atoms in total. The van der Waals surface area contributed by atoms with E-state index in [0.717, 1.165) is 19.3 Å². The summed E-state index contributed by atoms with van der Waals surface area (Å²) in [5, 5.41) is 2.75. The number of hydrogen-bond donors (Lipinski definition) is 1. The highest BCUT2D eigenvalue weighted by Crippen LogP contribution is 2.25.